The van der Waals surface area contributed by atoms with E-state index in [1.165, 1.54) is 0 Å². The fraction of sp³-hybridized carbons (Fsp3) is 0.333. The minimum Gasteiger partial charge on any atom is -0.497 e. The number of hydrogen-bond acceptors (Lipinski definition) is 3. The van der Waals surface area contributed by atoms with Gasteiger partial charge in [0.05, 0.1) is 23.9 Å². The van der Waals surface area contributed by atoms with Crippen LogP contribution < -0.4 is 10.1 Å². The molecule has 0 radical (unpaired) electrons. The Bertz CT molecular complexity index is 524. The standard InChI is InChI=1S/C15H18BrNO2/c1-3-8-17-14(15-13(16)7-9-19-15)11-5-4-6-12(10-11)18-2/h4-7,9-10,14,17H,3,8H2,1-2H3. The van der Waals surface area contributed by atoms with E-state index in [1.807, 2.05) is 24.3 Å². The summed E-state index contributed by atoms with van der Waals surface area (Å²) in [6, 6.07) is 9.98. The summed E-state index contributed by atoms with van der Waals surface area (Å²) in [5.74, 6) is 1.74. The van der Waals surface area contributed by atoms with E-state index in [4.69, 9.17) is 9.15 Å². The van der Waals surface area contributed by atoms with Crippen LogP contribution in [0.25, 0.3) is 0 Å². The van der Waals surface area contributed by atoms with Crippen molar-refractivity contribution in [2.24, 2.45) is 0 Å². The Morgan fingerprint density at radius 2 is 2.21 bits per heavy atom. The smallest absolute Gasteiger partial charge is 0.139 e. The zero-order valence-electron chi connectivity index (χ0n) is 11.2. The molecule has 0 aliphatic carbocycles. The van der Waals surface area contributed by atoms with Crippen LogP contribution in [-0.2, 0) is 0 Å². The Hall–Kier alpha value is -1.26. The summed E-state index contributed by atoms with van der Waals surface area (Å²) in [6.45, 7) is 3.07. The van der Waals surface area contributed by atoms with Crippen molar-refractivity contribution < 1.29 is 9.15 Å². The Balaban J connectivity index is 2.34. The number of halogens is 1. The molecular weight excluding hydrogens is 306 g/mol. The van der Waals surface area contributed by atoms with Crippen LogP contribution in [0.2, 0.25) is 0 Å². The number of benzene rings is 1. The highest BCUT2D eigenvalue weighted by molar-refractivity contribution is 9.10. The lowest BCUT2D eigenvalue weighted by atomic mass is 10.0. The number of furan rings is 1. The summed E-state index contributed by atoms with van der Waals surface area (Å²) < 4.78 is 11.9. The van der Waals surface area contributed by atoms with Crippen molar-refractivity contribution in [3.63, 3.8) is 0 Å². The summed E-state index contributed by atoms with van der Waals surface area (Å²) in [4.78, 5) is 0. The van der Waals surface area contributed by atoms with Gasteiger partial charge in [0.1, 0.15) is 11.5 Å². The van der Waals surface area contributed by atoms with E-state index in [-0.39, 0.29) is 6.04 Å². The van der Waals surface area contributed by atoms with Gasteiger partial charge in [-0.25, -0.2) is 0 Å². The van der Waals surface area contributed by atoms with Crippen molar-refractivity contribution in [3.05, 3.63) is 52.4 Å². The predicted molar refractivity (Wildman–Crippen MR) is 79.5 cm³/mol. The largest absolute Gasteiger partial charge is 0.497 e. The molecule has 3 nitrogen and oxygen atoms in total. The van der Waals surface area contributed by atoms with Gasteiger partial charge in [0.15, 0.2) is 0 Å². The molecule has 1 unspecified atom stereocenters. The molecule has 102 valence electrons. The molecule has 0 aliphatic rings. The zero-order valence-corrected chi connectivity index (χ0v) is 12.7. The third-order valence-corrected chi connectivity index (χ3v) is 3.59. The van der Waals surface area contributed by atoms with E-state index in [2.05, 4.69) is 34.2 Å². The fourth-order valence-electron chi connectivity index (χ4n) is 1.98. The van der Waals surface area contributed by atoms with Crippen LogP contribution in [-0.4, -0.2) is 13.7 Å². The van der Waals surface area contributed by atoms with Crippen LogP contribution in [0, 0.1) is 0 Å². The summed E-state index contributed by atoms with van der Waals surface area (Å²) in [6.07, 6.45) is 2.76. The molecule has 4 heteroatoms. The van der Waals surface area contributed by atoms with E-state index in [9.17, 15) is 0 Å². The molecule has 0 aliphatic heterocycles. The van der Waals surface area contributed by atoms with Crippen LogP contribution in [0.5, 0.6) is 5.75 Å². The zero-order chi connectivity index (χ0) is 13.7. The molecule has 2 rings (SSSR count). The van der Waals surface area contributed by atoms with E-state index in [0.717, 1.165) is 34.5 Å². The second-order valence-corrected chi connectivity index (χ2v) is 5.15. The first-order valence-electron chi connectivity index (χ1n) is 6.36. The normalized spacial score (nSPS) is 12.4. The van der Waals surface area contributed by atoms with Crippen molar-refractivity contribution in [3.8, 4) is 5.75 Å². The van der Waals surface area contributed by atoms with Crippen LogP contribution in [0.1, 0.15) is 30.7 Å². The van der Waals surface area contributed by atoms with Crippen molar-refractivity contribution in [2.45, 2.75) is 19.4 Å². The van der Waals surface area contributed by atoms with Crippen LogP contribution in [0.15, 0.2) is 45.5 Å². The lowest BCUT2D eigenvalue weighted by Crippen LogP contribution is -2.23. The number of hydrogen-bond donors (Lipinski definition) is 1. The fourth-order valence-corrected chi connectivity index (χ4v) is 2.41. The van der Waals surface area contributed by atoms with E-state index in [0.29, 0.717) is 0 Å². The number of rotatable bonds is 6. The van der Waals surface area contributed by atoms with E-state index in [1.54, 1.807) is 13.4 Å². The number of ether oxygens (including phenoxy) is 1. The summed E-state index contributed by atoms with van der Waals surface area (Å²) in [7, 11) is 1.68. The first-order valence-corrected chi connectivity index (χ1v) is 7.15. The van der Waals surface area contributed by atoms with Crippen LogP contribution in [0.3, 0.4) is 0 Å². The summed E-state index contributed by atoms with van der Waals surface area (Å²) in [5, 5.41) is 3.50. The predicted octanol–water partition coefficient (Wildman–Crippen LogP) is 4.14. The molecule has 1 N–H and O–H groups in total. The number of methoxy groups -OCH3 is 1. The molecule has 1 aromatic carbocycles. The average molecular weight is 324 g/mol. The van der Waals surface area contributed by atoms with E-state index >= 15 is 0 Å². The molecule has 1 aromatic heterocycles. The summed E-state index contributed by atoms with van der Waals surface area (Å²) in [5.41, 5.74) is 1.13. The van der Waals surface area contributed by atoms with Gasteiger partial charge >= 0.3 is 0 Å². The van der Waals surface area contributed by atoms with Crippen LogP contribution >= 0.6 is 15.9 Å². The molecule has 1 atom stereocenters. The SMILES string of the molecule is CCCNC(c1cccc(OC)c1)c1occc1Br. The Kier molecular flexibility index (Phi) is 5.05. The topological polar surface area (TPSA) is 34.4 Å². The van der Waals surface area contributed by atoms with Crippen molar-refractivity contribution in [2.75, 3.05) is 13.7 Å². The lowest BCUT2D eigenvalue weighted by molar-refractivity contribution is 0.411. The highest BCUT2D eigenvalue weighted by Gasteiger charge is 2.19. The Morgan fingerprint density at radius 1 is 1.37 bits per heavy atom. The van der Waals surface area contributed by atoms with Gasteiger partial charge in [-0.3, -0.25) is 0 Å². The number of nitrogens with one attached hydrogen (secondary N) is 1. The van der Waals surface area contributed by atoms with Gasteiger partial charge < -0.3 is 14.5 Å². The third kappa shape index (κ3) is 3.39. The highest BCUT2D eigenvalue weighted by Crippen LogP contribution is 2.31. The Labute approximate surface area is 122 Å². The average Bonchev–Trinajstić information content (AvgIpc) is 2.86. The maximum absolute atomic E-state index is 5.60. The molecule has 1 heterocycles. The van der Waals surface area contributed by atoms with Crippen molar-refractivity contribution in [1.29, 1.82) is 0 Å². The molecule has 2 aromatic rings. The quantitative estimate of drug-likeness (QED) is 0.867. The molecule has 0 bridgehead atoms. The van der Waals surface area contributed by atoms with Gasteiger partial charge in [-0.15, -0.1) is 0 Å². The molecule has 0 spiro atoms. The third-order valence-electron chi connectivity index (χ3n) is 2.93. The minimum atomic E-state index is 0.0272. The van der Waals surface area contributed by atoms with Gasteiger partial charge in [0.25, 0.3) is 0 Å². The second kappa shape index (κ2) is 6.78. The molecule has 0 fully saturated rings. The molecule has 0 saturated heterocycles. The Morgan fingerprint density at radius 3 is 2.84 bits per heavy atom. The lowest BCUT2D eigenvalue weighted by Gasteiger charge is -2.18. The molecule has 0 amide bonds. The molecular formula is C15H18BrNO2. The van der Waals surface area contributed by atoms with Crippen LogP contribution in [0.4, 0.5) is 0 Å². The highest BCUT2D eigenvalue weighted by atomic mass is 79.9. The monoisotopic (exact) mass is 323 g/mol. The first kappa shape index (κ1) is 14.2. The molecule has 19 heavy (non-hydrogen) atoms. The van der Waals surface area contributed by atoms with Gasteiger partial charge in [0.2, 0.25) is 0 Å². The second-order valence-electron chi connectivity index (χ2n) is 4.30. The van der Waals surface area contributed by atoms with E-state index < -0.39 is 0 Å². The van der Waals surface area contributed by atoms with Crippen molar-refractivity contribution in [1.82, 2.24) is 5.32 Å². The maximum Gasteiger partial charge on any atom is 0.139 e. The summed E-state index contributed by atoms with van der Waals surface area (Å²) >= 11 is 3.53. The first-order chi connectivity index (χ1) is 9.26. The van der Waals surface area contributed by atoms with Gasteiger partial charge in [0, 0.05) is 0 Å². The van der Waals surface area contributed by atoms with Gasteiger partial charge in [-0.1, -0.05) is 19.1 Å². The van der Waals surface area contributed by atoms with Gasteiger partial charge in [-0.2, -0.15) is 0 Å². The van der Waals surface area contributed by atoms with Crippen molar-refractivity contribution >= 4 is 15.9 Å². The molecule has 0 saturated carbocycles. The maximum atomic E-state index is 5.60. The minimum absolute atomic E-state index is 0.0272. The van der Waals surface area contributed by atoms with Gasteiger partial charge in [-0.05, 0) is 52.7 Å².